The van der Waals surface area contributed by atoms with Gasteiger partial charge in [-0.2, -0.15) is 0 Å². The minimum Gasteiger partial charge on any atom is -0.469 e. The van der Waals surface area contributed by atoms with Gasteiger partial charge in [-0.1, -0.05) is 23.7 Å². The maximum atomic E-state index is 11.5. The van der Waals surface area contributed by atoms with Crippen molar-refractivity contribution in [2.45, 2.75) is 6.42 Å². The van der Waals surface area contributed by atoms with Gasteiger partial charge in [0.1, 0.15) is 0 Å². The minimum atomic E-state index is -0.246. The summed E-state index contributed by atoms with van der Waals surface area (Å²) in [6, 6.07) is 11.6. The molecule has 3 aromatic rings. The molecule has 0 saturated heterocycles. The minimum absolute atomic E-state index is 0.246. The zero-order chi connectivity index (χ0) is 13.4. The Labute approximate surface area is 115 Å². The van der Waals surface area contributed by atoms with Crippen LogP contribution in [0.5, 0.6) is 0 Å². The fourth-order valence-corrected chi connectivity index (χ4v) is 2.55. The summed E-state index contributed by atoms with van der Waals surface area (Å²) < 4.78 is 4.74. The van der Waals surface area contributed by atoms with Crippen LogP contribution < -0.4 is 0 Å². The quantitative estimate of drug-likeness (QED) is 0.724. The number of halogens is 1. The van der Waals surface area contributed by atoms with Gasteiger partial charge < -0.3 is 9.72 Å². The van der Waals surface area contributed by atoms with E-state index < -0.39 is 0 Å². The molecule has 96 valence electrons. The predicted octanol–water partition coefficient (Wildman–Crippen LogP) is 3.69. The largest absolute Gasteiger partial charge is 0.469 e. The molecule has 0 spiro atoms. The number of carbonyl (C=O) groups is 1. The van der Waals surface area contributed by atoms with Gasteiger partial charge in [-0.3, -0.25) is 4.79 Å². The zero-order valence-corrected chi connectivity index (χ0v) is 11.1. The summed E-state index contributed by atoms with van der Waals surface area (Å²) in [5.74, 6) is -0.246. The van der Waals surface area contributed by atoms with E-state index in [4.69, 9.17) is 16.3 Å². The van der Waals surface area contributed by atoms with E-state index in [-0.39, 0.29) is 12.4 Å². The number of hydrogen-bond donors (Lipinski definition) is 1. The van der Waals surface area contributed by atoms with Gasteiger partial charge >= 0.3 is 5.97 Å². The van der Waals surface area contributed by atoms with E-state index in [2.05, 4.69) is 4.98 Å². The summed E-state index contributed by atoms with van der Waals surface area (Å²) in [4.78, 5) is 14.8. The number of aromatic amines is 1. The highest BCUT2D eigenvalue weighted by Crippen LogP contribution is 2.30. The first-order chi connectivity index (χ1) is 9.19. The summed E-state index contributed by atoms with van der Waals surface area (Å²) in [6.45, 7) is 0. The van der Waals surface area contributed by atoms with Gasteiger partial charge in [0.25, 0.3) is 0 Å². The normalized spacial score (nSPS) is 11.1. The van der Waals surface area contributed by atoms with Gasteiger partial charge in [0.05, 0.1) is 13.5 Å². The number of H-pyrrole nitrogens is 1. The molecule has 0 atom stereocenters. The van der Waals surface area contributed by atoms with E-state index in [1.807, 2.05) is 36.4 Å². The molecule has 4 heteroatoms. The number of hydrogen-bond acceptors (Lipinski definition) is 2. The summed E-state index contributed by atoms with van der Waals surface area (Å²) >= 11 is 6.06. The number of aromatic nitrogens is 1. The maximum Gasteiger partial charge on any atom is 0.310 e. The van der Waals surface area contributed by atoms with E-state index in [0.29, 0.717) is 5.02 Å². The molecule has 2 aromatic carbocycles. The van der Waals surface area contributed by atoms with Crippen molar-refractivity contribution in [2.24, 2.45) is 0 Å². The molecule has 0 fully saturated rings. The summed E-state index contributed by atoms with van der Waals surface area (Å²) in [6.07, 6.45) is 0.257. The summed E-state index contributed by atoms with van der Waals surface area (Å²) in [5, 5.41) is 2.74. The van der Waals surface area contributed by atoms with Crippen molar-refractivity contribution in [3.05, 3.63) is 47.0 Å². The number of benzene rings is 2. The molecule has 0 bridgehead atoms. The molecule has 1 aromatic heterocycles. The third-order valence-corrected chi connectivity index (χ3v) is 3.47. The second-order valence-electron chi connectivity index (χ2n) is 4.41. The first-order valence-electron chi connectivity index (χ1n) is 5.94. The van der Waals surface area contributed by atoms with Crippen LogP contribution in [-0.4, -0.2) is 18.1 Å². The first kappa shape index (κ1) is 12.1. The number of ether oxygens (including phenoxy) is 1. The van der Waals surface area contributed by atoms with E-state index in [9.17, 15) is 4.79 Å². The van der Waals surface area contributed by atoms with Gasteiger partial charge in [-0.25, -0.2) is 0 Å². The Morgan fingerprint density at radius 1 is 1.26 bits per heavy atom. The van der Waals surface area contributed by atoms with Crippen LogP contribution in [0.15, 0.2) is 36.4 Å². The Kier molecular flexibility index (Phi) is 2.91. The standard InChI is InChI=1S/C15H12ClNO2/c1-19-14(18)7-9-3-2-4-13-15(9)11-8-10(16)5-6-12(11)17-13/h2-6,8,17H,7H2,1H3. The molecule has 0 radical (unpaired) electrons. The highest BCUT2D eigenvalue weighted by molar-refractivity contribution is 6.31. The van der Waals surface area contributed by atoms with Crippen LogP contribution in [0, 0.1) is 0 Å². The van der Waals surface area contributed by atoms with E-state index >= 15 is 0 Å². The predicted molar refractivity (Wildman–Crippen MR) is 76.5 cm³/mol. The average molecular weight is 274 g/mol. The molecule has 0 aliphatic carbocycles. The highest BCUT2D eigenvalue weighted by atomic mass is 35.5. The van der Waals surface area contributed by atoms with Crippen LogP contribution >= 0.6 is 11.6 Å². The van der Waals surface area contributed by atoms with Crippen LogP contribution in [-0.2, 0) is 16.0 Å². The van der Waals surface area contributed by atoms with Gasteiger partial charge in [0.2, 0.25) is 0 Å². The lowest BCUT2D eigenvalue weighted by atomic mass is 10.0. The van der Waals surface area contributed by atoms with Gasteiger partial charge in [0.15, 0.2) is 0 Å². The number of nitrogens with one attached hydrogen (secondary N) is 1. The van der Waals surface area contributed by atoms with Crippen LogP contribution in [0.25, 0.3) is 21.8 Å². The number of methoxy groups -OCH3 is 1. The zero-order valence-electron chi connectivity index (χ0n) is 10.4. The molecular formula is C15H12ClNO2. The SMILES string of the molecule is COC(=O)Cc1cccc2[nH]c3ccc(Cl)cc3c12. The fourth-order valence-electron chi connectivity index (χ4n) is 2.37. The van der Waals surface area contributed by atoms with Crippen molar-refractivity contribution in [1.29, 1.82) is 0 Å². The van der Waals surface area contributed by atoms with Crippen molar-refractivity contribution >= 4 is 39.4 Å². The molecule has 0 aliphatic heterocycles. The molecule has 0 unspecified atom stereocenters. The Bertz CT molecular complexity index is 776. The summed E-state index contributed by atoms with van der Waals surface area (Å²) in [5.41, 5.74) is 2.95. The fraction of sp³-hybridized carbons (Fsp3) is 0.133. The maximum absolute atomic E-state index is 11.5. The van der Waals surface area contributed by atoms with Crippen LogP contribution in [0.3, 0.4) is 0 Å². The number of carbonyl (C=O) groups excluding carboxylic acids is 1. The molecule has 0 saturated carbocycles. The van der Waals surface area contributed by atoms with Crippen molar-refractivity contribution in [2.75, 3.05) is 7.11 Å². The monoisotopic (exact) mass is 273 g/mol. The lowest BCUT2D eigenvalue weighted by molar-refractivity contribution is -0.139. The van der Waals surface area contributed by atoms with Crippen molar-refractivity contribution in [1.82, 2.24) is 4.98 Å². The first-order valence-corrected chi connectivity index (χ1v) is 6.32. The third kappa shape index (κ3) is 2.06. The van der Waals surface area contributed by atoms with E-state index in [0.717, 1.165) is 27.4 Å². The molecule has 19 heavy (non-hydrogen) atoms. The van der Waals surface area contributed by atoms with Crippen molar-refractivity contribution in [3.63, 3.8) is 0 Å². The average Bonchev–Trinajstić information content (AvgIpc) is 2.77. The Balaban J connectivity index is 2.30. The smallest absolute Gasteiger partial charge is 0.310 e. The van der Waals surface area contributed by atoms with Crippen molar-refractivity contribution in [3.8, 4) is 0 Å². The lowest BCUT2D eigenvalue weighted by Crippen LogP contribution is -2.04. The Hall–Kier alpha value is -2.00. The van der Waals surface area contributed by atoms with Crippen LogP contribution in [0.1, 0.15) is 5.56 Å². The van der Waals surface area contributed by atoms with E-state index in [1.54, 1.807) is 0 Å². The lowest BCUT2D eigenvalue weighted by Gasteiger charge is -2.02. The Morgan fingerprint density at radius 2 is 2.11 bits per heavy atom. The topological polar surface area (TPSA) is 42.1 Å². The molecule has 0 amide bonds. The van der Waals surface area contributed by atoms with Crippen LogP contribution in [0.2, 0.25) is 5.02 Å². The molecule has 1 N–H and O–H groups in total. The second-order valence-corrected chi connectivity index (χ2v) is 4.84. The van der Waals surface area contributed by atoms with Crippen molar-refractivity contribution < 1.29 is 9.53 Å². The van der Waals surface area contributed by atoms with E-state index in [1.165, 1.54) is 7.11 Å². The van der Waals surface area contributed by atoms with Gasteiger partial charge in [-0.05, 0) is 29.8 Å². The molecule has 3 rings (SSSR count). The number of rotatable bonds is 2. The third-order valence-electron chi connectivity index (χ3n) is 3.23. The van der Waals surface area contributed by atoms with Gasteiger partial charge in [-0.15, -0.1) is 0 Å². The second kappa shape index (κ2) is 4.59. The molecular weight excluding hydrogens is 262 g/mol. The van der Waals surface area contributed by atoms with Crippen LogP contribution in [0.4, 0.5) is 0 Å². The number of fused-ring (bicyclic) bond motifs is 3. The number of esters is 1. The molecule has 1 heterocycles. The Morgan fingerprint density at radius 3 is 2.89 bits per heavy atom. The molecule has 3 nitrogen and oxygen atoms in total. The van der Waals surface area contributed by atoms with Gasteiger partial charge in [0, 0.05) is 26.8 Å². The molecule has 0 aliphatic rings. The summed E-state index contributed by atoms with van der Waals surface area (Å²) in [7, 11) is 1.40. The highest BCUT2D eigenvalue weighted by Gasteiger charge is 2.12.